The summed E-state index contributed by atoms with van der Waals surface area (Å²) in [5.41, 5.74) is 0. The van der Waals surface area contributed by atoms with E-state index in [0.717, 1.165) is 12.8 Å². The highest BCUT2D eigenvalue weighted by atomic mass is 16.6. The molecule has 0 saturated heterocycles. The lowest BCUT2D eigenvalue weighted by molar-refractivity contribution is -0.0216. The van der Waals surface area contributed by atoms with Crippen LogP contribution in [0.15, 0.2) is 0 Å². The van der Waals surface area contributed by atoms with E-state index in [1.165, 1.54) is 0 Å². The number of rotatable bonds is 14. The zero-order valence-electron chi connectivity index (χ0n) is 11.7. The third-order valence-electron chi connectivity index (χ3n) is 2.47. The molecule has 0 spiro atoms. The summed E-state index contributed by atoms with van der Waals surface area (Å²) in [7, 11) is 0. The molecule has 0 amide bonds. The Bertz CT molecular complexity index is 150. The molecule has 0 aromatic rings. The fraction of sp³-hybridized carbons (Fsp3) is 1.00. The molecular formula is C13H28O5. The van der Waals surface area contributed by atoms with E-state index in [2.05, 4.69) is 13.8 Å². The van der Waals surface area contributed by atoms with Gasteiger partial charge in [0.05, 0.1) is 59.0 Å². The predicted molar refractivity (Wildman–Crippen MR) is 69.9 cm³/mol. The average molecular weight is 264 g/mol. The predicted octanol–water partition coefficient (Wildman–Crippen LogP) is 1.23. The highest BCUT2D eigenvalue weighted by Gasteiger charge is 2.01. The molecule has 0 aromatic carbocycles. The van der Waals surface area contributed by atoms with Crippen LogP contribution in [-0.2, 0) is 18.9 Å². The van der Waals surface area contributed by atoms with E-state index in [-0.39, 0.29) is 6.61 Å². The van der Waals surface area contributed by atoms with Crippen molar-refractivity contribution in [2.75, 3.05) is 52.9 Å². The second-order valence-corrected chi connectivity index (χ2v) is 3.87. The van der Waals surface area contributed by atoms with Crippen LogP contribution >= 0.6 is 0 Å². The fourth-order valence-corrected chi connectivity index (χ4v) is 1.40. The molecule has 0 aromatic heterocycles. The third kappa shape index (κ3) is 12.3. The van der Waals surface area contributed by atoms with E-state index in [9.17, 15) is 0 Å². The molecule has 0 unspecified atom stereocenters. The Balaban J connectivity index is 3.03. The summed E-state index contributed by atoms with van der Waals surface area (Å²) in [6, 6.07) is 0. The van der Waals surface area contributed by atoms with Crippen molar-refractivity contribution >= 4 is 0 Å². The molecule has 0 rings (SSSR count). The van der Waals surface area contributed by atoms with Crippen LogP contribution in [0.5, 0.6) is 0 Å². The van der Waals surface area contributed by atoms with Crippen LogP contribution in [0.25, 0.3) is 0 Å². The van der Waals surface area contributed by atoms with Gasteiger partial charge in [-0.25, -0.2) is 0 Å². The van der Waals surface area contributed by atoms with Crippen LogP contribution in [0, 0.1) is 0 Å². The Hall–Kier alpha value is -0.200. The number of hydrogen-bond acceptors (Lipinski definition) is 5. The van der Waals surface area contributed by atoms with E-state index >= 15 is 0 Å². The third-order valence-corrected chi connectivity index (χ3v) is 2.47. The Labute approximate surface area is 110 Å². The van der Waals surface area contributed by atoms with Crippen LogP contribution in [0.4, 0.5) is 0 Å². The lowest BCUT2D eigenvalue weighted by Crippen LogP contribution is -2.16. The van der Waals surface area contributed by atoms with Crippen molar-refractivity contribution in [3.63, 3.8) is 0 Å². The zero-order valence-corrected chi connectivity index (χ0v) is 11.7. The molecular weight excluding hydrogens is 236 g/mol. The van der Waals surface area contributed by atoms with Gasteiger partial charge in [0.1, 0.15) is 0 Å². The maximum Gasteiger partial charge on any atom is 0.0704 e. The molecule has 0 atom stereocenters. The van der Waals surface area contributed by atoms with Crippen molar-refractivity contribution < 1.29 is 24.1 Å². The van der Waals surface area contributed by atoms with E-state index < -0.39 is 0 Å². The van der Waals surface area contributed by atoms with Crippen LogP contribution < -0.4 is 0 Å². The summed E-state index contributed by atoms with van der Waals surface area (Å²) in [6.07, 6.45) is 2.45. The lowest BCUT2D eigenvalue weighted by Gasteiger charge is -2.13. The van der Waals surface area contributed by atoms with E-state index in [1.807, 2.05) is 0 Å². The first-order chi connectivity index (χ1) is 8.85. The first-order valence-electron chi connectivity index (χ1n) is 6.80. The lowest BCUT2D eigenvalue weighted by atomic mass is 10.2. The monoisotopic (exact) mass is 264 g/mol. The highest BCUT2D eigenvalue weighted by Crippen LogP contribution is 2.01. The summed E-state index contributed by atoms with van der Waals surface area (Å²) in [5, 5.41) is 8.47. The molecule has 18 heavy (non-hydrogen) atoms. The van der Waals surface area contributed by atoms with E-state index in [1.54, 1.807) is 0 Å². The van der Waals surface area contributed by atoms with Crippen molar-refractivity contribution in [1.29, 1.82) is 0 Å². The van der Waals surface area contributed by atoms with Gasteiger partial charge in [-0.2, -0.15) is 0 Å². The molecule has 1 N–H and O–H groups in total. The topological polar surface area (TPSA) is 57.2 Å². The molecule has 0 bridgehead atoms. The molecule has 5 heteroatoms. The quantitative estimate of drug-likeness (QED) is 0.478. The fourth-order valence-electron chi connectivity index (χ4n) is 1.40. The van der Waals surface area contributed by atoms with Crippen molar-refractivity contribution in [2.24, 2.45) is 0 Å². The van der Waals surface area contributed by atoms with Gasteiger partial charge >= 0.3 is 0 Å². The first-order valence-corrected chi connectivity index (χ1v) is 6.80. The SMILES string of the molecule is CCC(CC)OCCOCCOCCOCCO. The summed E-state index contributed by atoms with van der Waals surface area (Å²) in [5.74, 6) is 0. The van der Waals surface area contributed by atoms with Gasteiger partial charge < -0.3 is 24.1 Å². The second kappa shape index (κ2) is 14.9. The smallest absolute Gasteiger partial charge is 0.0704 e. The number of hydrogen-bond donors (Lipinski definition) is 1. The summed E-state index contributed by atoms with van der Waals surface area (Å²) >= 11 is 0. The van der Waals surface area contributed by atoms with Gasteiger partial charge in [0, 0.05) is 0 Å². The summed E-state index contributed by atoms with van der Waals surface area (Å²) in [6.45, 7) is 8.12. The molecule has 0 saturated carbocycles. The van der Waals surface area contributed by atoms with Gasteiger partial charge in [0.2, 0.25) is 0 Å². The second-order valence-electron chi connectivity index (χ2n) is 3.87. The minimum absolute atomic E-state index is 0.0552. The maximum atomic E-state index is 8.47. The minimum atomic E-state index is 0.0552. The Morgan fingerprint density at radius 2 is 1.17 bits per heavy atom. The Kier molecular flexibility index (Phi) is 14.7. The van der Waals surface area contributed by atoms with Crippen molar-refractivity contribution in [1.82, 2.24) is 0 Å². The summed E-state index contributed by atoms with van der Waals surface area (Å²) in [4.78, 5) is 0. The molecule has 0 aliphatic heterocycles. The first kappa shape index (κ1) is 17.8. The zero-order chi connectivity index (χ0) is 13.5. The Morgan fingerprint density at radius 3 is 1.61 bits per heavy atom. The standard InChI is InChI=1S/C13H28O5/c1-3-13(4-2)18-12-11-17-10-9-16-8-7-15-6-5-14/h13-14H,3-12H2,1-2H3. The number of aliphatic hydroxyl groups excluding tert-OH is 1. The minimum Gasteiger partial charge on any atom is -0.394 e. The highest BCUT2D eigenvalue weighted by molar-refractivity contribution is 4.50. The molecule has 110 valence electrons. The van der Waals surface area contributed by atoms with E-state index in [4.69, 9.17) is 24.1 Å². The average Bonchev–Trinajstić information content (AvgIpc) is 2.40. The largest absolute Gasteiger partial charge is 0.394 e. The van der Waals surface area contributed by atoms with Crippen LogP contribution in [0.3, 0.4) is 0 Å². The Morgan fingerprint density at radius 1 is 0.722 bits per heavy atom. The molecule has 0 aliphatic carbocycles. The van der Waals surface area contributed by atoms with Crippen LogP contribution in [-0.4, -0.2) is 64.1 Å². The van der Waals surface area contributed by atoms with Gasteiger partial charge in [-0.15, -0.1) is 0 Å². The van der Waals surface area contributed by atoms with E-state index in [0.29, 0.717) is 52.4 Å². The van der Waals surface area contributed by atoms with Crippen LogP contribution in [0.1, 0.15) is 26.7 Å². The number of aliphatic hydroxyl groups is 1. The van der Waals surface area contributed by atoms with Gasteiger partial charge in [0.15, 0.2) is 0 Å². The van der Waals surface area contributed by atoms with Gasteiger partial charge in [-0.05, 0) is 12.8 Å². The molecule has 0 heterocycles. The van der Waals surface area contributed by atoms with Crippen LogP contribution in [0.2, 0.25) is 0 Å². The van der Waals surface area contributed by atoms with Gasteiger partial charge in [0.25, 0.3) is 0 Å². The van der Waals surface area contributed by atoms with Gasteiger partial charge in [-0.1, -0.05) is 13.8 Å². The maximum absolute atomic E-state index is 8.47. The molecule has 0 aliphatic rings. The van der Waals surface area contributed by atoms with Crippen molar-refractivity contribution in [3.05, 3.63) is 0 Å². The number of ether oxygens (including phenoxy) is 4. The van der Waals surface area contributed by atoms with Crippen molar-refractivity contribution in [2.45, 2.75) is 32.8 Å². The normalized spacial score (nSPS) is 11.3. The molecule has 5 nitrogen and oxygen atoms in total. The van der Waals surface area contributed by atoms with Crippen molar-refractivity contribution in [3.8, 4) is 0 Å². The molecule has 0 fully saturated rings. The summed E-state index contributed by atoms with van der Waals surface area (Å²) < 4.78 is 21.3. The van der Waals surface area contributed by atoms with Gasteiger partial charge in [-0.3, -0.25) is 0 Å². The molecule has 0 radical (unpaired) electrons.